The molecule has 0 radical (unpaired) electrons. The van der Waals surface area contributed by atoms with Gasteiger partial charge in [-0.3, -0.25) is 4.79 Å². The van der Waals surface area contributed by atoms with Gasteiger partial charge in [0.1, 0.15) is 6.10 Å². The Labute approximate surface area is 318 Å². The van der Waals surface area contributed by atoms with Gasteiger partial charge in [-0.1, -0.05) is 231 Å². The Bertz CT molecular complexity index is 754. The summed E-state index contributed by atoms with van der Waals surface area (Å²) in [7, 11) is 0. The summed E-state index contributed by atoms with van der Waals surface area (Å²) in [6.07, 6.45) is 50.7. The van der Waals surface area contributed by atoms with Gasteiger partial charge in [0.2, 0.25) is 5.91 Å². The van der Waals surface area contributed by atoms with E-state index in [0.717, 1.165) is 38.5 Å². The highest BCUT2D eigenvalue weighted by Crippen LogP contribution is 2.16. The molecular formula is C46H89NO4. The van der Waals surface area contributed by atoms with Crippen LogP contribution in [0.15, 0.2) is 24.3 Å². The molecule has 0 aliphatic carbocycles. The maximum Gasteiger partial charge on any atom is 0.249 e. The largest absolute Gasteiger partial charge is 0.394 e. The Kier molecular flexibility index (Phi) is 40.6. The lowest BCUT2D eigenvalue weighted by Gasteiger charge is -2.21. The van der Waals surface area contributed by atoms with Gasteiger partial charge in [-0.05, 0) is 32.1 Å². The number of carbonyl (C=O) groups excluding carboxylic acids is 1. The van der Waals surface area contributed by atoms with Gasteiger partial charge in [0.05, 0.1) is 18.8 Å². The van der Waals surface area contributed by atoms with Crippen LogP contribution in [-0.4, -0.2) is 46.1 Å². The second kappa shape index (κ2) is 41.6. The van der Waals surface area contributed by atoms with Gasteiger partial charge in [-0.15, -0.1) is 0 Å². The molecule has 302 valence electrons. The third-order valence-electron chi connectivity index (χ3n) is 10.5. The topological polar surface area (TPSA) is 89.8 Å². The van der Waals surface area contributed by atoms with Crippen molar-refractivity contribution in [1.82, 2.24) is 5.32 Å². The monoisotopic (exact) mass is 720 g/mol. The van der Waals surface area contributed by atoms with E-state index in [-0.39, 0.29) is 6.61 Å². The lowest BCUT2D eigenvalue weighted by atomic mass is 10.0. The van der Waals surface area contributed by atoms with Crippen molar-refractivity contribution in [3.8, 4) is 0 Å². The van der Waals surface area contributed by atoms with Crippen molar-refractivity contribution in [3.05, 3.63) is 24.3 Å². The lowest BCUT2D eigenvalue weighted by Crippen LogP contribution is -2.48. The summed E-state index contributed by atoms with van der Waals surface area (Å²) in [6.45, 7) is 4.18. The van der Waals surface area contributed by atoms with Crippen LogP contribution in [0.5, 0.6) is 0 Å². The molecule has 5 nitrogen and oxygen atoms in total. The van der Waals surface area contributed by atoms with Crippen molar-refractivity contribution in [1.29, 1.82) is 0 Å². The van der Waals surface area contributed by atoms with Crippen LogP contribution in [0.3, 0.4) is 0 Å². The van der Waals surface area contributed by atoms with Crippen molar-refractivity contribution in [2.75, 3.05) is 6.61 Å². The standard InChI is InChI=1S/C46H89NO4/c1-3-5-7-9-11-13-15-17-19-21-23-25-27-29-31-33-35-37-39-41-45(50)46(51)47-43(42-48)44(49)40-38-36-34-32-30-28-26-24-22-20-18-16-14-12-10-8-6-4-2/h30,32,38,40,43-45,48-50H,3-29,31,33-37,39,41-42H2,1-2H3,(H,47,51)/b32-30+,40-38+. The molecule has 0 bridgehead atoms. The second-order valence-electron chi connectivity index (χ2n) is 15.6. The molecule has 0 aliphatic rings. The van der Waals surface area contributed by atoms with Crippen LogP contribution in [0.2, 0.25) is 0 Å². The van der Waals surface area contributed by atoms with E-state index < -0.39 is 24.2 Å². The van der Waals surface area contributed by atoms with Gasteiger partial charge in [0.15, 0.2) is 0 Å². The number of carbonyl (C=O) groups is 1. The van der Waals surface area contributed by atoms with Crippen molar-refractivity contribution in [3.63, 3.8) is 0 Å². The maximum absolute atomic E-state index is 12.5. The van der Waals surface area contributed by atoms with Crippen LogP contribution >= 0.6 is 0 Å². The summed E-state index contributed by atoms with van der Waals surface area (Å²) < 4.78 is 0. The van der Waals surface area contributed by atoms with Gasteiger partial charge in [0, 0.05) is 0 Å². The SMILES string of the molecule is CCCCCCCCCCCCCC/C=C/CC/C=C/C(O)C(CO)NC(=O)C(O)CCCCCCCCCCCCCCCCCCCCC. The number of amides is 1. The van der Waals surface area contributed by atoms with E-state index in [1.165, 1.54) is 180 Å². The molecule has 3 unspecified atom stereocenters. The Morgan fingerprint density at radius 2 is 0.804 bits per heavy atom. The van der Waals surface area contributed by atoms with E-state index in [2.05, 4.69) is 31.3 Å². The lowest BCUT2D eigenvalue weighted by molar-refractivity contribution is -0.131. The average Bonchev–Trinajstić information content (AvgIpc) is 3.13. The zero-order chi connectivity index (χ0) is 37.3. The molecule has 0 aromatic rings. The van der Waals surface area contributed by atoms with Crippen LogP contribution in [-0.2, 0) is 4.79 Å². The second-order valence-corrected chi connectivity index (χ2v) is 15.6. The molecule has 0 heterocycles. The van der Waals surface area contributed by atoms with Crippen molar-refractivity contribution >= 4 is 5.91 Å². The zero-order valence-electron chi connectivity index (χ0n) is 34.2. The fourth-order valence-corrected chi connectivity index (χ4v) is 6.97. The van der Waals surface area contributed by atoms with E-state index in [1.807, 2.05) is 6.08 Å². The number of unbranched alkanes of at least 4 members (excludes halogenated alkanes) is 31. The van der Waals surface area contributed by atoms with E-state index in [4.69, 9.17) is 0 Å². The van der Waals surface area contributed by atoms with Crippen LogP contribution in [0.1, 0.15) is 239 Å². The molecule has 0 aromatic heterocycles. The third-order valence-corrected chi connectivity index (χ3v) is 10.5. The first-order valence-corrected chi connectivity index (χ1v) is 22.7. The molecule has 0 rings (SSSR count). The third kappa shape index (κ3) is 37.0. The zero-order valence-corrected chi connectivity index (χ0v) is 34.2. The minimum Gasteiger partial charge on any atom is -0.394 e. The van der Waals surface area contributed by atoms with E-state index in [9.17, 15) is 20.1 Å². The van der Waals surface area contributed by atoms with Gasteiger partial charge < -0.3 is 20.6 Å². The first-order valence-electron chi connectivity index (χ1n) is 22.7. The van der Waals surface area contributed by atoms with Crippen LogP contribution in [0.4, 0.5) is 0 Å². The quantitative estimate of drug-likeness (QED) is 0.0374. The van der Waals surface area contributed by atoms with Gasteiger partial charge >= 0.3 is 0 Å². The number of allylic oxidation sites excluding steroid dienone is 3. The highest BCUT2D eigenvalue weighted by atomic mass is 16.3. The molecule has 0 saturated heterocycles. The molecule has 3 atom stereocenters. The minimum atomic E-state index is -1.10. The number of nitrogens with one attached hydrogen (secondary N) is 1. The Morgan fingerprint density at radius 1 is 0.471 bits per heavy atom. The Hall–Kier alpha value is -1.17. The number of aliphatic hydroxyl groups is 3. The van der Waals surface area contributed by atoms with Crippen LogP contribution in [0, 0.1) is 0 Å². The summed E-state index contributed by atoms with van der Waals surface area (Å²) in [5, 5.41) is 33.1. The van der Waals surface area contributed by atoms with Gasteiger partial charge in [-0.25, -0.2) is 0 Å². The fourth-order valence-electron chi connectivity index (χ4n) is 6.97. The molecule has 0 aromatic carbocycles. The summed E-state index contributed by atoms with van der Waals surface area (Å²) in [5.74, 6) is -0.510. The van der Waals surface area contributed by atoms with Gasteiger partial charge in [0.25, 0.3) is 0 Å². The highest BCUT2D eigenvalue weighted by Gasteiger charge is 2.22. The smallest absolute Gasteiger partial charge is 0.249 e. The number of hydrogen-bond donors (Lipinski definition) is 4. The van der Waals surface area contributed by atoms with Crippen molar-refractivity contribution < 1.29 is 20.1 Å². The number of aliphatic hydroxyl groups excluding tert-OH is 3. The number of hydrogen-bond acceptors (Lipinski definition) is 4. The van der Waals surface area contributed by atoms with E-state index >= 15 is 0 Å². The summed E-state index contributed by atoms with van der Waals surface area (Å²) in [4.78, 5) is 12.5. The molecule has 5 heteroatoms. The molecule has 4 N–H and O–H groups in total. The first-order chi connectivity index (χ1) is 25.1. The molecule has 0 aliphatic heterocycles. The Morgan fingerprint density at radius 3 is 1.20 bits per heavy atom. The summed E-state index contributed by atoms with van der Waals surface area (Å²) in [6, 6.07) is -0.810. The molecule has 51 heavy (non-hydrogen) atoms. The van der Waals surface area contributed by atoms with Crippen LogP contribution in [0.25, 0.3) is 0 Å². The minimum absolute atomic E-state index is 0.373. The number of rotatable bonds is 41. The molecule has 0 spiro atoms. The normalized spacial score (nSPS) is 13.7. The van der Waals surface area contributed by atoms with Crippen molar-refractivity contribution in [2.45, 2.75) is 257 Å². The molecule has 0 fully saturated rings. The van der Waals surface area contributed by atoms with Gasteiger partial charge in [-0.2, -0.15) is 0 Å². The predicted octanol–water partition coefficient (Wildman–Crippen LogP) is 13.0. The average molecular weight is 720 g/mol. The first kappa shape index (κ1) is 49.8. The fraction of sp³-hybridized carbons (Fsp3) is 0.891. The highest BCUT2D eigenvalue weighted by molar-refractivity contribution is 5.80. The van der Waals surface area contributed by atoms with E-state index in [0.29, 0.717) is 6.42 Å². The van der Waals surface area contributed by atoms with Crippen molar-refractivity contribution in [2.24, 2.45) is 0 Å². The maximum atomic E-state index is 12.5. The van der Waals surface area contributed by atoms with E-state index in [1.54, 1.807) is 6.08 Å². The molecular weight excluding hydrogens is 631 g/mol. The molecule has 1 amide bonds. The molecule has 0 saturated carbocycles. The van der Waals surface area contributed by atoms with Crippen LogP contribution < -0.4 is 5.32 Å². The predicted molar refractivity (Wildman–Crippen MR) is 222 cm³/mol. The Balaban J connectivity index is 3.68. The summed E-state index contributed by atoms with van der Waals surface area (Å²) in [5.41, 5.74) is 0. The summed E-state index contributed by atoms with van der Waals surface area (Å²) >= 11 is 0.